The molecule has 1 heterocycles. The van der Waals surface area contributed by atoms with E-state index in [4.69, 9.17) is 0 Å². The van der Waals surface area contributed by atoms with E-state index in [1.807, 2.05) is 26.0 Å². The maximum atomic E-state index is 4.61. The Morgan fingerprint density at radius 3 is 2.26 bits per heavy atom. The van der Waals surface area contributed by atoms with Gasteiger partial charge in [-0.15, -0.1) is 0 Å². The van der Waals surface area contributed by atoms with Gasteiger partial charge in [0.2, 0.25) is 17.8 Å². The second-order valence-electron chi connectivity index (χ2n) is 5.73. The highest BCUT2D eigenvalue weighted by atomic mass is 15.4. The molecular formula is C13H22N6. The lowest BCUT2D eigenvalue weighted by molar-refractivity contribution is 0.693. The third-order valence-electron chi connectivity index (χ3n) is 3.63. The van der Waals surface area contributed by atoms with Crippen molar-refractivity contribution < 1.29 is 0 Å². The third kappa shape index (κ3) is 2.88. The van der Waals surface area contributed by atoms with Crippen LogP contribution in [0.1, 0.15) is 25.7 Å². The van der Waals surface area contributed by atoms with E-state index in [0.29, 0.717) is 12.0 Å². The number of rotatable bonds is 6. The molecule has 2 aliphatic carbocycles. The van der Waals surface area contributed by atoms with Crippen molar-refractivity contribution in [3.8, 4) is 0 Å². The van der Waals surface area contributed by atoms with Gasteiger partial charge >= 0.3 is 0 Å². The molecule has 2 saturated carbocycles. The van der Waals surface area contributed by atoms with Crippen LogP contribution in [0.2, 0.25) is 0 Å². The van der Waals surface area contributed by atoms with Gasteiger partial charge in [0.25, 0.3) is 0 Å². The molecule has 6 nitrogen and oxygen atoms in total. The lowest BCUT2D eigenvalue weighted by Crippen LogP contribution is -2.31. The standard InChI is InChI=1S/C13H22N6/c1-14-11-15-12(18(2)3)17-13(16-11)19(10-6-7-10)8-9-4-5-9/h9-10H,4-8H2,1-3H3,(H,14,15,16,17). The Morgan fingerprint density at radius 1 is 1.05 bits per heavy atom. The molecule has 0 unspecified atom stereocenters. The van der Waals surface area contributed by atoms with Crippen molar-refractivity contribution in [1.82, 2.24) is 15.0 Å². The summed E-state index contributed by atoms with van der Waals surface area (Å²) >= 11 is 0. The molecule has 2 fully saturated rings. The van der Waals surface area contributed by atoms with Crippen LogP contribution in [0.15, 0.2) is 0 Å². The monoisotopic (exact) mass is 262 g/mol. The van der Waals surface area contributed by atoms with Crippen LogP contribution in [0.4, 0.5) is 17.8 Å². The molecular weight excluding hydrogens is 240 g/mol. The molecule has 0 bridgehead atoms. The van der Waals surface area contributed by atoms with Gasteiger partial charge in [0, 0.05) is 33.7 Å². The van der Waals surface area contributed by atoms with E-state index in [-0.39, 0.29) is 0 Å². The Morgan fingerprint density at radius 2 is 1.74 bits per heavy atom. The minimum absolute atomic E-state index is 0.641. The molecule has 6 heteroatoms. The van der Waals surface area contributed by atoms with Crippen molar-refractivity contribution in [3.63, 3.8) is 0 Å². The van der Waals surface area contributed by atoms with Gasteiger partial charge < -0.3 is 15.1 Å². The molecule has 19 heavy (non-hydrogen) atoms. The highest BCUT2D eigenvalue weighted by Gasteiger charge is 2.35. The van der Waals surface area contributed by atoms with E-state index in [1.54, 1.807) is 0 Å². The van der Waals surface area contributed by atoms with Gasteiger partial charge in [-0.1, -0.05) is 0 Å². The van der Waals surface area contributed by atoms with Crippen molar-refractivity contribution in [1.29, 1.82) is 0 Å². The maximum absolute atomic E-state index is 4.61. The fraction of sp³-hybridized carbons (Fsp3) is 0.769. The first-order valence-electron chi connectivity index (χ1n) is 7.05. The predicted molar refractivity (Wildman–Crippen MR) is 76.8 cm³/mol. The first-order chi connectivity index (χ1) is 9.17. The fourth-order valence-electron chi connectivity index (χ4n) is 2.15. The summed E-state index contributed by atoms with van der Waals surface area (Å²) in [6.45, 7) is 1.10. The number of nitrogens with one attached hydrogen (secondary N) is 1. The predicted octanol–water partition coefficient (Wildman–Crippen LogP) is 1.36. The number of hydrogen-bond donors (Lipinski definition) is 1. The van der Waals surface area contributed by atoms with Crippen LogP contribution < -0.4 is 15.1 Å². The van der Waals surface area contributed by atoms with Gasteiger partial charge in [-0.3, -0.25) is 0 Å². The Hall–Kier alpha value is -1.59. The lowest BCUT2D eigenvalue weighted by Gasteiger charge is -2.23. The second kappa shape index (κ2) is 4.83. The average molecular weight is 262 g/mol. The summed E-state index contributed by atoms with van der Waals surface area (Å²) in [6.07, 6.45) is 5.25. The number of aromatic nitrogens is 3. The number of anilines is 3. The molecule has 0 aliphatic heterocycles. The fourth-order valence-corrected chi connectivity index (χ4v) is 2.15. The van der Waals surface area contributed by atoms with E-state index in [2.05, 4.69) is 25.2 Å². The topological polar surface area (TPSA) is 57.2 Å². The highest BCUT2D eigenvalue weighted by Crippen LogP contribution is 2.36. The van der Waals surface area contributed by atoms with E-state index in [0.717, 1.165) is 24.4 Å². The molecule has 0 amide bonds. The molecule has 0 aromatic carbocycles. The zero-order valence-corrected chi connectivity index (χ0v) is 11.9. The van der Waals surface area contributed by atoms with Gasteiger partial charge in [-0.2, -0.15) is 15.0 Å². The first kappa shape index (κ1) is 12.4. The summed E-state index contributed by atoms with van der Waals surface area (Å²) in [4.78, 5) is 17.8. The van der Waals surface area contributed by atoms with Crippen LogP contribution in [0.25, 0.3) is 0 Å². The minimum atomic E-state index is 0.641. The van der Waals surface area contributed by atoms with Crippen LogP contribution in [0.5, 0.6) is 0 Å². The van der Waals surface area contributed by atoms with Crippen LogP contribution in [0.3, 0.4) is 0 Å². The zero-order chi connectivity index (χ0) is 13.4. The van der Waals surface area contributed by atoms with E-state index in [9.17, 15) is 0 Å². The number of hydrogen-bond acceptors (Lipinski definition) is 6. The molecule has 1 aromatic rings. The molecule has 0 saturated heterocycles. The molecule has 104 valence electrons. The SMILES string of the molecule is CNc1nc(N(C)C)nc(N(CC2CC2)C2CC2)n1. The Labute approximate surface area is 114 Å². The maximum Gasteiger partial charge on any atom is 0.232 e. The van der Waals surface area contributed by atoms with Crippen molar-refractivity contribution in [3.05, 3.63) is 0 Å². The van der Waals surface area contributed by atoms with Crippen LogP contribution in [-0.4, -0.2) is 48.7 Å². The van der Waals surface area contributed by atoms with Crippen molar-refractivity contribution in [2.24, 2.45) is 5.92 Å². The van der Waals surface area contributed by atoms with E-state index < -0.39 is 0 Å². The third-order valence-corrected chi connectivity index (χ3v) is 3.63. The van der Waals surface area contributed by atoms with Crippen LogP contribution in [-0.2, 0) is 0 Å². The summed E-state index contributed by atoms with van der Waals surface area (Å²) in [7, 11) is 5.77. The normalized spacial score (nSPS) is 18.3. The molecule has 3 rings (SSSR count). The summed E-state index contributed by atoms with van der Waals surface area (Å²) in [6, 6.07) is 0.641. The van der Waals surface area contributed by atoms with Crippen molar-refractivity contribution in [2.45, 2.75) is 31.7 Å². The molecule has 2 aliphatic rings. The highest BCUT2D eigenvalue weighted by molar-refractivity contribution is 5.46. The quantitative estimate of drug-likeness (QED) is 0.835. The Kier molecular flexibility index (Phi) is 3.16. The van der Waals surface area contributed by atoms with Gasteiger partial charge in [0.15, 0.2) is 0 Å². The van der Waals surface area contributed by atoms with Crippen LogP contribution in [0, 0.1) is 5.92 Å². The Bertz CT molecular complexity index is 452. The molecule has 0 radical (unpaired) electrons. The van der Waals surface area contributed by atoms with Crippen LogP contribution >= 0.6 is 0 Å². The largest absolute Gasteiger partial charge is 0.357 e. The van der Waals surface area contributed by atoms with Crippen molar-refractivity contribution in [2.75, 3.05) is 42.8 Å². The molecule has 0 spiro atoms. The van der Waals surface area contributed by atoms with Gasteiger partial charge in [0.05, 0.1) is 0 Å². The summed E-state index contributed by atoms with van der Waals surface area (Å²) < 4.78 is 0. The van der Waals surface area contributed by atoms with E-state index >= 15 is 0 Å². The van der Waals surface area contributed by atoms with Crippen molar-refractivity contribution >= 4 is 17.8 Å². The average Bonchev–Trinajstić information content (AvgIpc) is 3.27. The van der Waals surface area contributed by atoms with E-state index in [1.165, 1.54) is 25.7 Å². The summed E-state index contributed by atoms with van der Waals surface area (Å²) in [5.74, 6) is 3.04. The lowest BCUT2D eigenvalue weighted by atomic mass is 10.3. The Balaban J connectivity index is 1.89. The molecule has 1 aromatic heterocycles. The number of nitrogens with zero attached hydrogens (tertiary/aromatic N) is 5. The smallest absolute Gasteiger partial charge is 0.232 e. The molecule has 0 atom stereocenters. The van der Waals surface area contributed by atoms with Gasteiger partial charge in [0.1, 0.15) is 0 Å². The summed E-state index contributed by atoms with van der Waals surface area (Å²) in [5.41, 5.74) is 0. The minimum Gasteiger partial charge on any atom is -0.357 e. The zero-order valence-electron chi connectivity index (χ0n) is 11.9. The van der Waals surface area contributed by atoms with Gasteiger partial charge in [-0.25, -0.2) is 0 Å². The summed E-state index contributed by atoms with van der Waals surface area (Å²) in [5, 5.41) is 3.03. The first-order valence-corrected chi connectivity index (χ1v) is 7.05. The molecule has 1 N–H and O–H groups in total. The van der Waals surface area contributed by atoms with Gasteiger partial charge in [-0.05, 0) is 31.6 Å². The second-order valence-corrected chi connectivity index (χ2v) is 5.73.